The van der Waals surface area contributed by atoms with Crippen LogP contribution in [0, 0.1) is 5.41 Å². The van der Waals surface area contributed by atoms with Crippen LogP contribution < -0.4 is 4.90 Å². The molecular weight excluding hydrogens is 250 g/mol. The summed E-state index contributed by atoms with van der Waals surface area (Å²) in [6, 6.07) is 2.04. The second kappa shape index (κ2) is 4.99. The van der Waals surface area contributed by atoms with Crippen LogP contribution in [-0.4, -0.2) is 36.3 Å². The van der Waals surface area contributed by atoms with E-state index in [4.69, 9.17) is 9.72 Å². The molecule has 0 amide bonds. The predicted molar refractivity (Wildman–Crippen MR) is 80.0 cm³/mol. The van der Waals surface area contributed by atoms with E-state index in [0.29, 0.717) is 5.41 Å². The van der Waals surface area contributed by atoms with Gasteiger partial charge in [-0.25, -0.2) is 9.97 Å². The van der Waals surface area contributed by atoms with Crippen molar-refractivity contribution >= 4 is 5.82 Å². The summed E-state index contributed by atoms with van der Waals surface area (Å²) in [5.41, 5.74) is 0.368. The minimum absolute atomic E-state index is 0.00136. The Morgan fingerprint density at radius 1 is 1.30 bits per heavy atom. The van der Waals surface area contributed by atoms with E-state index in [1.165, 1.54) is 19.3 Å². The number of rotatable bonds is 1. The first kappa shape index (κ1) is 13.8. The molecule has 0 bridgehead atoms. The van der Waals surface area contributed by atoms with Gasteiger partial charge in [-0.15, -0.1) is 0 Å². The highest BCUT2D eigenvalue weighted by Gasteiger charge is 2.40. The van der Waals surface area contributed by atoms with E-state index in [0.717, 1.165) is 37.9 Å². The molecule has 1 unspecified atom stereocenters. The fraction of sp³-hybridized carbons (Fsp3) is 0.750. The Labute approximate surface area is 121 Å². The van der Waals surface area contributed by atoms with Crippen LogP contribution in [-0.2, 0) is 10.2 Å². The first-order valence-electron chi connectivity index (χ1n) is 7.65. The van der Waals surface area contributed by atoms with E-state index >= 15 is 0 Å². The minimum Gasteiger partial charge on any atom is -0.381 e. The van der Waals surface area contributed by atoms with Crippen molar-refractivity contribution in [2.24, 2.45) is 5.41 Å². The van der Waals surface area contributed by atoms with Gasteiger partial charge in [-0.1, -0.05) is 20.8 Å². The fourth-order valence-corrected chi connectivity index (χ4v) is 3.25. The van der Waals surface area contributed by atoms with Crippen molar-refractivity contribution in [3.8, 4) is 0 Å². The molecule has 20 heavy (non-hydrogen) atoms. The highest BCUT2D eigenvalue weighted by Crippen LogP contribution is 2.39. The maximum Gasteiger partial charge on any atom is 0.135 e. The Hall–Kier alpha value is -1.16. The zero-order valence-electron chi connectivity index (χ0n) is 12.9. The van der Waals surface area contributed by atoms with E-state index < -0.39 is 0 Å². The van der Waals surface area contributed by atoms with Crippen LogP contribution in [0.5, 0.6) is 0 Å². The zero-order chi connectivity index (χ0) is 14.2. The smallest absolute Gasteiger partial charge is 0.135 e. The third-order valence-electron chi connectivity index (χ3n) is 4.48. The lowest BCUT2D eigenvalue weighted by molar-refractivity contribution is 0.00437. The quantitative estimate of drug-likeness (QED) is 0.790. The Balaban J connectivity index is 1.77. The lowest BCUT2D eigenvalue weighted by Crippen LogP contribution is -2.35. The largest absolute Gasteiger partial charge is 0.381 e. The summed E-state index contributed by atoms with van der Waals surface area (Å²) < 4.78 is 5.71. The predicted octanol–water partition coefficient (Wildman–Crippen LogP) is 2.78. The zero-order valence-corrected chi connectivity index (χ0v) is 12.9. The fourth-order valence-electron chi connectivity index (χ4n) is 3.25. The van der Waals surface area contributed by atoms with Crippen LogP contribution >= 0.6 is 0 Å². The maximum atomic E-state index is 5.71. The van der Waals surface area contributed by atoms with E-state index in [9.17, 15) is 0 Å². The van der Waals surface area contributed by atoms with Crippen LogP contribution in [0.15, 0.2) is 12.3 Å². The van der Waals surface area contributed by atoms with Gasteiger partial charge in [-0.3, -0.25) is 0 Å². The molecule has 2 saturated heterocycles. The summed E-state index contributed by atoms with van der Waals surface area (Å²) in [6.45, 7) is 10.5. The third kappa shape index (κ3) is 2.66. The molecule has 2 fully saturated rings. The van der Waals surface area contributed by atoms with E-state index in [1.807, 2.05) is 12.3 Å². The Kier molecular flexibility index (Phi) is 3.44. The van der Waals surface area contributed by atoms with Gasteiger partial charge in [0, 0.05) is 36.7 Å². The third-order valence-corrected chi connectivity index (χ3v) is 4.48. The summed E-state index contributed by atoms with van der Waals surface area (Å²) in [5.74, 6) is 2.00. The summed E-state index contributed by atoms with van der Waals surface area (Å²) in [6.07, 6.45) is 5.61. The van der Waals surface area contributed by atoms with Crippen molar-refractivity contribution < 1.29 is 4.74 Å². The highest BCUT2D eigenvalue weighted by molar-refractivity contribution is 5.40. The first-order valence-corrected chi connectivity index (χ1v) is 7.65. The molecule has 1 aromatic rings. The Morgan fingerprint density at radius 2 is 2.15 bits per heavy atom. The van der Waals surface area contributed by atoms with Gasteiger partial charge in [0.25, 0.3) is 0 Å². The molecule has 110 valence electrons. The van der Waals surface area contributed by atoms with E-state index in [-0.39, 0.29) is 5.41 Å². The molecule has 0 saturated carbocycles. The van der Waals surface area contributed by atoms with Crippen molar-refractivity contribution in [2.45, 2.75) is 45.4 Å². The Bertz CT molecular complexity index is 475. The van der Waals surface area contributed by atoms with Gasteiger partial charge in [0.1, 0.15) is 11.6 Å². The van der Waals surface area contributed by atoms with Crippen LogP contribution in [0.4, 0.5) is 5.82 Å². The molecule has 4 heteroatoms. The molecule has 0 N–H and O–H groups in total. The normalized spacial score (nSPS) is 27.2. The van der Waals surface area contributed by atoms with Gasteiger partial charge in [0.2, 0.25) is 0 Å². The van der Waals surface area contributed by atoms with Gasteiger partial charge >= 0.3 is 0 Å². The number of ether oxygens (including phenoxy) is 1. The summed E-state index contributed by atoms with van der Waals surface area (Å²) >= 11 is 0. The summed E-state index contributed by atoms with van der Waals surface area (Å²) in [7, 11) is 0. The second-order valence-corrected chi connectivity index (χ2v) is 7.32. The van der Waals surface area contributed by atoms with Gasteiger partial charge in [-0.05, 0) is 25.3 Å². The average Bonchev–Trinajstić information content (AvgIpc) is 2.83. The topological polar surface area (TPSA) is 38.2 Å². The van der Waals surface area contributed by atoms with Gasteiger partial charge in [0.15, 0.2) is 0 Å². The monoisotopic (exact) mass is 275 g/mol. The lowest BCUT2D eigenvalue weighted by Gasteiger charge is -2.33. The highest BCUT2D eigenvalue weighted by atomic mass is 16.5. The van der Waals surface area contributed by atoms with Crippen LogP contribution in [0.25, 0.3) is 0 Å². The van der Waals surface area contributed by atoms with Crippen molar-refractivity contribution in [1.29, 1.82) is 0 Å². The van der Waals surface area contributed by atoms with Gasteiger partial charge < -0.3 is 9.64 Å². The molecule has 0 aromatic carbocycles. The molecular formula is C16H25N3O. The standard InChI is InChI=1S/C16H25N3O/c1-15(2,3)14-17-8-5-13(18-14)19-9-7-16(11-19)6-4-10-20-12-16/h5,8H,4,6-7,9-12H2,1-3H3. The molecule has 1 atom stereocenters. The van der Waals surface area contributed by atoms with E-state index in [1.54, 1.807) is 0 Å². The van der Waals surface area contributed by atoms with Crippen molar-refractivity contribution in [3.05, 3.63) is 18.1 Å². The summed E-state index contributed by atoms with van der Waals surface area (Å²) in [4.78, 5) is 11.6. The van der Waals surface area contributed by atoms with Gasteiger partial charge in [0.05, 0.1) is 6.61 Å². The Morgan fingerprint density at radius 3 is 2.85 bits per heavy atom. The molecule has 3 heterocycles. The molecule has 4 nitrogen and oxygen atoms in total. The molecule has 1 aromatic heterocycles. The van der Waals surface area contributed by atoms with E-state index in [2.05, 4.69) is 30.7 Å². The molecule has 3 rings (SSSR count). The van der Waals surface area contributed by atoms with Crippen molar-refractivity contribution in [2.75, 3.05) is 31.2 Å². The molecule has 0 radical (unpaired) electrons. The number of hydrogen-bond donors (Lipinski definition) is 0. The SMILES string of the molecule is CC(C)(C)c1nccc(N2CCC3(CCCOC3)C2)n1. The molecule has 0 aliphatic carbocycles. The first-order chi connectivity index (χ1) is 9.49. The van der Waals surface area contributed by atoms with Gasteiger partial charge in [-0.2, -0.15) is 0 Å². The number of anilines is 1. The molecule has 2 aliphatic rings. The number of nitrogens with zero attached hydrogens (tertiary/aromatic N) is 3. The minimum atomic E-state index is 0.00136. The summed E-state index contributed by atoms with van der Waals surface area (Å²) in [5, 5.41) is 0. The second-order valence-electron chi connectivity index (χ2n) is 7.32. The molecule has 2 aliphatic heterocycles. The van der Waals surface area contributed by atoms with Crippen molar-refractivity contribution in [1.82, 2.24) is 9.97 Å². The van der Waals surface area contributed by atoms with Crippen LogP contribution in [0.2, 0.25) is 0 Å². The van der Waals surface area contributed by atoms with Crippen LogP contribution in [0.3, 0.4) is 0 Å². The number of hydrogen-bond acceptors (Lipinski definition) is 4. The van der Waals surface area contributed by atoms with Crippen LogP contribution in [0.1, 0.15) is 45.9 Å². The average molecular weight is 275 g/mol. The number of aromatic nitrogens is 2. The molecule has 1 spiro atoms. The maximum absolute atomic E-state index is 5.71. The lowest BCUT2D eigenvalue weighted by atomic mass is 9.82. The van der Waals surface area contributed by atoms with Crippen molar-refractivity contribution in [3.63, 3.8) is 0 Å².